The number of aromatic amines is 1. The van der Waals surface area contributed by atoms with E-state index in [1.807, 2.05) is 12.1 Å². The SMILES string of the molecule is Cl.c1cnc2nc(OCCCC3CCCCN3)[nH]c2c1. The van der Waals surface area contributed by atoms with E-state index in [1.165, 1.54) is 32.2 Å². The molecule has 3 rings (SSSR count). The minimum Gasteiger partial charge on any atom is -0.465 e. The molecule has 6 heteroatoms. The van der Waals surface area contributed by atoms with Gasteiger partial charge < -0.3 is 15.0 Å². The average molecular weight is 297 g/mol. The third-order valence-electron chi connectivity index (χ3n) is 3.58. The van der Waals surface area contributed by atoms with Crippen molar-refractivity contribution in [2.45, 2.75) is 38.1 Å². The third kappa shape index (κ3) is 3.84. The van der Waals surface area contributed by atoms with E-state index in [4.69, 9.17) is 4.74 Å². The van der Waals surface area contributed by atoms with Crippen molar-refractivity contribution < 1.29 is 4.74 Å². The predicted molar refractivity (Wildman–Crippen MR) is 81.5 cm³/mol. The van der Waals surface area contributed by atoms with Gasteiger partial charge in [0.25, 0.3) is 6.01 Å². The smallest absolute Gasteiger partial charge is 0.296 e. The number of hydrogen-bond acceptors (Lipinski definition) is 4. The van der Waals surface area contributed by atoms with Gasteiger partial charge in [0.1, 0.15) is 0 Å². The van der Waals surface area contributed by atoms with Gasteiger partial charge in [-0.2, -0.15) is 4.98 Å². The monoisotopic (exact) mass is 296 g/mol. The maximum Gasteiger partial charge on any atom is 0.296 e. The van der Waals surface area contributed by atoms with Gasteiger partial charge in [-0.3, -0.25) is 0 Å². The van der Waals surface area contributed by atoms with Crippen molar-refractivity contribution in [2.24, 2.45) is 0 Å². The van der Waals surface area contributed by atoms with Crippen LogP contribution in [-0.4, -0.2) is 34.1 Å². The lowest BCUT2D eigenvalue weighted by molar-refractivity contribution is 0.270. The van der Waals surface area contributed by atoms with Gasteiger partial charge in [0, 0.05) is 12.2 Å². The number of pyridine rings is 1. The normalized spacial score (nSPS) is 18.7. The topological polar surface area (TPSA) is 62.8 Å². The van der Waals surface area contributed by atoms with E-state index in [0.29, 0.717) is 24.3 Å². The fourth-order valence-corrected chi connectivity index (χ4v) is 2.56. The number of aromatic nitrogens is 3. The summed E-state index contributed by atoms with van der Waals surface area (Å²) in [4.78, 5) is 11.6. The van der Waals surface area contributed by atoms with E-state index in [0.717, 1.165) is 11.9 Å². The van der Waals surface area contributed by atoms with Crippen LogP contribution >= 0.6 is 12.4 Å². The largest absolute Gasteiger partial charge is 0.465 e. The Morgan fingerprint density at radius 1 is 1.35 bits per heavy atom. The highest BCUT2D eigenvalue weighted by molar-refractivity contribution is 5.85. The molecule has 20 heavy (non-hydrogen) atoms. The van der Waals surface area contributed by atoms with Crippen molar-refractivity contribution >= 4 is 23.6 Å². The Balaban J connectivity index is 0.00000147. The van der Waals surface area contributed by atoms with Crippen LogP contribution in [0.2, 0.25) is 0 Å². The van der Waals surface area contributed by atoms with Crippen LogP contribution in [-0.2, 0) is 0 Å². The zero-order chi connectivity index (χ0) is 12.9. The molecule has 0 aromatic carbocycles. The van der Waals surface area contributed by atoms with Crippen molar-refractivity contribution in [2.75, 3.05) is 13.2 Å². The summed E-state index contributed by atoms with van der Waals surface area (Å²) in [5.74, 6) is 0. The summed E-state index contributed by atoms with van der Waals surface area (Å²) in [5.41, 5.74) is 1.64. The highest BCUT2D eigenvalue weighted by Crippen LogP contribution is 2.14. The second-order valence-electron chi connectivity index (χ2n) is 5.05. The number of H-pyrrole nitrogens is 1. The first-order valence-electron chi connectivity index (χ1n) is 7.09. The Hall–Kier alpha value is -1.33. The summed E-state index contributed by atoms with van der Waals surface area (Å²) in [7, 11) is 0. The van der Waals surface area contributed by atoms with E-state index in [-0.39, 0.29) is 12.4 Å². The van der Waals surface area contributed by atoms with Gasteiger partial charge in [-0.05, 0) is 44.4 Å². The van der Waals surface area contributed by atoms with Gasteiger partial charge in [-0.15, -0.1) is 12.4 Å². The molecule has 1 aliphatic heterocycles. The van der Waals surface area contributed by atoms with Crippen LogP contribution in [0.1, 0.15) is 32.1 Å². The number of nitrogens with one attached hydrogen (secondary N) is 2. The predicted octanol–water partition coefficient (Wildman–Crippen LogP) is 2.68. The Labute approximate surface area is 124 Å². The van der Waals surface area contributed by atoms with E-state index in [9.17, 15) is 0 Å². The molecule has 0 radical (unpaired) electrons. The summed E-state index contributed by atoms with van der Waals surface area (Å²) < 4.78 is 5.65. The van der Waals surface area contributed by atoms with Crippen molar-refractivity contribution in [3.8, 4) is 6.01 Å². The fraction of sp³-hybridized carbons (Fsp3) is 0.571. The second-order valence-corrected chi connectivity index (χ2v) is 5.05. The maximum absolute atomic E-state index is 5.65. The molecule has 110 valence electrons. The van der Waals surface area contributed by atoms with Gasteiger partial charge in [0.2, 0.25) is 0 Å². The number of fused-ring (bicyclic) bond motifs is 1. The minimum absolute atomic E-state index is 0. The van der Waals surface area contributed by atoms with Crippen LogP contribution in [0.5, 0.6) is 6.01 Å². The molecule has 1 aliphatic rings. The number of piperidine rings is 1. The highest BCUT2D eigenvalue weighted by atomic mass is 35.5. The van der Waals surface area contributed by atoms with Crippen LogP contribution < -0.4 is 10.1 Å². The van der Waals surface area contributed by atoms with Gasteiger partial charge in [0.05, 0.1) is 12.1 Å². The second kappa shape index (κ2) is 7.45. The van der Waals surface area contributed by atoms with Crippen LogP contribution in [0, 0.1) is 0 Å². The molecule has 2 aromatic heterocycles. The Kier molecular flexibility index (Phi) is 5.61. The van der Waals surface area contributed by atoms with Crippen LogP contribution in [0.4, 0.5) is 0 Å². The minimum atomic E-state index is 0. The molecule has 0 saturated carbocycles. The molecular formula is C14H21ClN4O. The zero-order valence-electron chi connectivity index (χ0n) is 11.5. The van der Waals surface area contributed by atoms with Gasteiger partial charge in [-0.25, -0.2) is 4.98 Å². The third-order valence-corrected chi connectivity index (χ3v) is 3.58. The molecule has 0 bridgehead atoms. The number of ether oxygens (including phenoxy) is 1. The standard InChI is InChI=1S/C14H20N4O.ClH/c1-2-8-15-11(5-1)6-4-10-19-14-17-12-7-3-9-16-13(12)18-14;/h3,7,9,11,15H,1-2,4-6,8,10H2,(H,16,17,18);1H. The van der Waals surface area contributed by atoms with Crippen molar-refractivity contribution in [3.63, 3.8) is 0 Å². The molecule has 5 nitrogen and oxygen atoms in total. The summed E-state index contributed by atoms with van der Waals surface area (Å²) in [6.07, 6.45) is 7.95. The lowest BCUT2D eigenvalue weighted by Gasteiger charge is -2.23. The first-order chi connectivity index (χ1) is 9.42. The van der Waals surface area contributed by atoms with Gasteiger partial charge in [-0.1, -0.05) is 6.42 Å². The first kappa shape index (κ1) is 15.1. The highest BCUT2D eigenvalue weighted by Gasteiger charge is 2.12. The Bertz CT molecular complexity index is 492. The van der Waals surface area contributed by atoms with Crippen LogP contribution in [0.25, 0.3) is 11.2 Å². The summed E-state index contributed by atoms with van der Waals surface area (Å²) in [5, 5.41) is 3.55. The van der Waals surface area contributed by atoms with E-state index < -0.39 is 0 Å². The van der Waals surface area contributed by atoms with E-state index in [2.05, 4.69) is 20.3 Å². The summed E-state index contributed by atoms with van der Waals surface area (Å²) in [6.45, 7) is 1.87. The fourth-order valence-electron chi connectivity index (χ4n) is 2.56. The van der Waals surface area contributed by atoms with Crippen molar-refractivity contribution in [1.82, 2.24) is 20.3 Å². The number of hydrogen-bond donors (Lipinski definition) is 2. The number of rotatable bonds is 5. The average Bonchev–Trinajstić information content (AvgIpc) is 2.87. The Morgan fingerprint density at radius 2 is 2.30 bits per heavy atom. The zero-order valence-corrected chi connectivity index (χ0v) is 12.3. The molecule has 0 aliphatic carbocycles. The molecule has 1 saturated heterocycles. The van der Waals surface area contributed by atoms with Gasteiger partial charge >= 0.3 is 0 Å². The van der Waals surface area contributed by atoms with E-state index in [1.54, 1.807) is 6.20 Å². The molecule has 2 aromatic rings. The van der Waals surface area contributed by atoms with Crippen LogP contribution in [0.3, 0.4) is 0 Å². The van der Waals surface area contributed by atoms with Gasteiger partial charge in [0.15, 0.2) is 5.65 Å². The number of imidazole rings is 1. The molecule has 1 fully saturated rings. The number of nitrogens with zero attached hydrogens (tertiary/aromatic N) is 2. The molecule has 1 unspecified atom stereocenters. The molecule has 1 atom stereocenters. The van der Waals surface area contributed by atoms with Crippen molar-refractivity contribution in [1.29, 1.82) is 0 Å². The quantitative estimate of drug-likeness (QED) is 0.833. The maximum atomic E-state index is 5.65. The lowest BCUT2D eigenvalue weighted by Crippen LogP contribution is -2.34. The molecule has 2 N–H and O–H groups in total. The lowest BCUT2D eigenvalue weighted by atomic mass is 10.0. The van der Waals surface area contributed by atoms with Crippen molar-refractivity contribution in [3.05, 3.63) is 18.3 Å². The molecule has 0 amide bonds. The molecule has 0 spiro atoms. The van der Waals surface area contributed by atoms with E-state index >= 15 is 0 Å². The summed E-state index contributed by atoms with van der Waals surface area (Å²) in [6, 6.07) is 5.09. The molecule has 3 heterocycles. The first-order valence-corrected chi connectivity index (χ1v) is 7.09. The van der Waals surface area contributed by atoms with Crippen LogP contribution in [0.15, 0.2) is 18.3 Å². The molecular weight excluding hydrogens is 276 g/mol. The Morgan fingerprint density at radius 3 is 3.10 bits per heavy atom. The summed E-state index contributed by atoms with van der Waals surface area (Å²) >= 11 is 0. The number of halogens is 1.